The molecule has 106 valence electrons. The van der Waals surface area contributed by atoms with Crippen LogP contribution in [0.3, 0.4) is 0 Å². The molecule has 2 aromatic rings. The number of nitrogens with zero attached hydrogens (tertiary/aromatic N) is 5. The molecule has 0 atom stereocenters. The lowest BCUT2D eigenvalue weighted by atomic mass is 9.80. The number of hydrogen-bond acceptors (Lipinski definition) is 5. The van der Waals surface area contributed by atoms with Gasteiger partial charge >= 0.3 is 7.12 Å². The zero-order valence-electron chi connectivity index (χ0n) is 12.2. The van der Waals surface area contributed by atoms with Crippen molar-refractivity contribution in [2.75, 3.05) is 13.2 Å². The molecule has 1 aliphatic rings. The Bertz CT molecular complexity index is 611. The molecule has 0 radical (unpaired) electrons. The summed E-state index contributed by atoms with van der Waals surface area (Å²) in [5, 5.41) is 12.5. The Morgan fingerprint density at radius 2 is 1.95 bits per heavy atom. The van der Waals surface area contributed by atoms with E-state index in [2.05, 4.69) is 29.1 Å². The van der Waals surface area contributed by atoms with Crippen LogP contribution in [0.1, 0.15) is 13.8 Å². The molecule has 0 aromatic carbocycles. The van der Waals surface area contributed by atoms with Crippen LogP contribution in [0.4, 0.5) is 0 Å². The van der Waals surface area contributed by atoms with E-state index in [9.17, 15) is 0 Å². The van der Waals surface area contributed by atoms with Gasteiger partial charge in [-0.05, 0) is 6.07 Å². The Morgan fingerprint density at radius 1 is 1.25 bits per heavy atom. The molecule has 0 spiro atoms. The molecule has 7 nitrogen and oxygen atoms in total. The van der Waals surface area contributed by atoms with Gasteiger partial charge < -0.3 is 13.9 Å². The average Bonchev–Trinajstić information content (AvgIpc) is 2.95. The lowest BCUT2D eigenvalue weighted by Crippen LogP contribution is -2.48. The SMILES string of the molecule is Cn1cnnc1-c1cc(B2OCC(C)(C)CO2)nn1C. The van der Waals surface area contributed by atoms with Gasteiger partial charge in [0, 0.05) is 32.7 Å². The van der Waals surface area contributed by atoms with Crippen LogP contribution in [0.5, 0.6) is 0 Å². The fourth-order valence-corrected chi connectivity index (χ4v) is 2.19. The monoisotopic (exact) mass is 275 g/mol. The minimum atomic E-state index is -0.406. The van der Waals surface area contributed by atoms with E-state index in [4.69, 9.17) is 9.31 Å². The summed E-state index contributed by atoms with van der Waals surface area (Å²) in [6, 6.07) is 1.94. The van der Waals surface area contributed by atoms with Gasteiger partial charge in [0.2, 0.25) is 0 Å². The van der Waals surface area contributed by atoms with E-state index < -0.39 is 7.12 Å². The molecule has 0 N–H and O–H groups in total. The number of aromatic nitrogens is 5. The van der Waals surface area contributed by atoms with Crippen LogP contribution in [0.15, 0.2) is 12.4 Å². The third-order valence-corrected chi connectivity index (χ3v) is 3.33. The van der Waals surface area contributed by atoms with E-state index in [1.165, 1.54) is 0 Å². The van der Waals surface area contributed by atoms with Gasteiger partial charge in [0.25, 0.3) is 0 Å². The van der Waals surface area contributed by atoms with Crippen LogP contribution >= 0.6 is 0 Å². The first-order valence-corrected chi connectivity index (χ1v) is 6.58. The lowest BCUT2D eigenvalue weighted by molar-refractivity contribution is 0.0339. The molecule has 2 aromatic heterocycles. The van der Waals surface area contributed by atoms with Gasteiger partial charge in [-0.3, -0.25) is 4.68 Å². The molecular formula is C12H18BN5O2. The topological polar surface area (TPSA) is 67.0 Å². The van der Waals surface area contributed by atoms with Crippen molar-refractivity contribution in [3.63, 3.8) is 0 Å². The molecule has 1 saturated heterocycles. The van der Waals surface area contributed by atoms with Gasteiger partial charge in [-0.25, -0.2) is 0 Å². The highest BCUT2D eigenvalue weighted by Gasteiger charge is 2.35. The molecular weight excluding hydrogens is 257 g/mol. The van der Waals surface area contributed by atoms with Crippen molar-refractivity contribution in [1.82, 2.24) is 24.5 Å². The standard InChI is InChI=1S/C12H18BN5O2/c1-12(2)6-19-13(20-7-12)10-5-9(18(4)16-10)11-15-14-8-17(11)3/h5,8H,6-7H2,1-4H3. The van der Waals surface area contributed by atoms with Crippen molar-refractivity contribution in [3.8, 4) is 11.5 Å². The smallest absolute Gasteiger partial charge is 0.406 e. The molecule has 0 aliphatic carbocycles. The van der Waals surface area contributed by atoms with E-state index >= 15 is 0 Å². The van der Waals surface area contributed by atoms with E-state index in [0.29, 0.717) is 13.2 Å². The second kappa shape index (κ2) is 4.71. The average molecular weight is 275 g/mol. The number of hydrogen-bond donors (Lipinski definition) is 0. The number of rotatable bonds is 2. The van der Waals surface area contributed by atoms with Gasteiger partial charge in [0.15, 0.2) is 5.82 Å². The third kappa shape index (κ3) is 2.36. The molecule has 0 amide bonds. The van der Waals surface area contributed by atoms with E-state index in [-0.39, 0.29) is 5.41 Å². The first-order chi connectivity index (χ1) is 9.46. The Morgan fingerprint density at radius 3 is 2.55 bits per heavy atom. The normalized spacial score (nSPS) is 18.5. The van der Waals surface area contributed by atoms with Crippen LogP contribution in [0.2, 0.25) is 0 Å². The fraction of sp³-hybridized carbons (Fsp3) is 0.583. The maximum atomic E-state index is 5.75. The minimum absolute atomic E-state index is 0.0533. The van der Waals surface area contributed by atoms with Gasteiger partial charge in [0.1, 0.15) is 12.0 Å². The molecule has 0 bridgehead atoms. The second-order valence-corrected chi connectivity index (χ2v) is 5.96. The first-order valence-electron chi connectivity index (χ1n) is 6.58. The summed E-state index contributed by atoms with van der Waals surface area (Å²) in [6.45, 7) is 5.56. The van der Waals surface area contributed by atoms with Crippen molar-refractivity contribution in [1.29, 1.82) is 0 Å². The van der Waals surface area contributed by atoms with E-state index in [1.54, 1.807) is 11.0 Å². The van der Waals surface area contributed by atoms with Gasteiger partial charge in [-0.2, -0.15) is 5.10 Å². The van der Waals surface area contributed by atoms with Crippen LogP contribution < -0.4 is 5.59 Å². The van der Waals surface area contributed by atoms with Crippen LogP contribution in [0.25, 0.3) is 11.5 Å². The van der Waals surface area contributed by atoms with E-state index in [0.717, 1.165) is 17.1 Å². The molecule has 1 fully saturated rings. The highest BCUT2D eigenvalue weighted by atomic mass is 16.6. The van der Waals surface area contributed by atoms with Gasteiger partial charge in [0.05, 0.1) is 5.59 Å². The molecule has 1 aliphatic heterocycles. The Balaban J connectivity index is 1.85. The van der Waals surface area contributed by atoms with Crippen LogP contribution in [-0.2, 0) is 23.4 Å². The lowest BCUT2D eigenvalue weighted by Gasteiger charge is -2.32. The summed E-state index contributed by atoms with van der Waals surface area (Å²) in [6.07, 6.45) is 1.66. The summed E-state index contributed by atoms with van der Waals surface area (Å²) >= 11 is 0. The quantitative estimate of drug-likeness (QED) is 0.721. The van der Waals surface area contributed by atoms with Crippen molar-refractivity contribution >= 4 is 12.7 Å². The maximum Gasteiger partial charge on any atom is 0.515 e. The largest absolute Gasteiger partial charge is 0.515 e. The fourth-order valence-electron chi connectivity index (χ4n) is 2.19. The predicted octanol–water partition coefficient (Wildman–Crippen LogP) is -0.0162. The minimum Gasteiger partial charge on any atom is -0.406 e. The Kier molecular flexibility index (Phi) is 3.14. The van der Waals surface area contributed by atoms with Crippen molar-refractivity contribution in [2.24, 2.45) is 19.5 Å². The second-order valence-electron chi connectivity index (χ2n) is 5.96. The summed E-state index contributed by atoms with van der Waals surface area (Å²) in [5.41, 5.74) is 1.70. The molecule has 3 rings (SSSR count). The predicted molar refractivity (Wildman–Crippen MR) is 74.3 cm³/mol. The molecule has 0 unspecified atom stereocenters. The maximum absolute atomic E-state index is 5.75. The van der Waals surface area contributed by atoms with Crippen LogP contribution in [0, 0.1) is 5.41 Å². The molecule has 3 heterocycles. The summed E-state index contributed by atoms with van der Waals surface area (Å²) in [7, 11) is 3.37. The molecule has 20 heavy (non-hydrogen) atoms. The summed E-state index contributed by atoms with van der Waals surface area (Å²) in [4.78, 5) is 0. The molecule has 8 heteroatoms. The summed E-state index contributed by atoms with van der Waals surface area (Å²) < 4.78 is 15.1. The van der Waals surface area contributed by atoms with Crippen molar-refractivity contribution in [2.45, 2.75) is 13.8 Å². The van der Waals surface area contributed by atoms with Crippen LogP contribution in [-0.4, -0.2) is 44.9 Å². The Hall–Kier alpha value is -1.67. The van der Waals surface area contributed by atoms with Crippen molar-refractivity contribution < 1.29 is 9.31 Å². The highest BCUT2D eigenvalue weighted by Crippen LogP contribution is 2.22. The van der Waals surface area contributed by atoms with E-state index in [1.807, 2.05) is 24.7 Å². The highest BCUT2D eigenvalue weighted by molar-refractivity contribution is 6.60. The first kappa shape index (κ1) is 13.3. The third-order valence-electron chi connectivity index (χ3n) is 3.33. The zero-order valence-corrected chi connectivity index (χ0v) is 12.2. The van der Waals surface area contributed by atoms with Crippen molar-refractivity contribution in [3.05, 3.63) is 12.4 Å². The number of aryl methyl sites for hydroxylation is 2. The molecule has 0 saturated carbocycles. The van der Waals surface area contributed by atoms with Gasteiger partial charge in [-0.1, -0.05) is 13.8 Å². The Labute approximate surface area is 118 Å². The summed E-state index contributed by atoms with van der Waals surface area (Å²) in [5.74, 6) is 0.766. The van der Waals surface area contributed by atoms with Gasteiger partial charge in [-0.15, -0.1) is 10.2 Å². The zero-order chi connectivity index (χ0) is 14.3.